The average molecular weight is 424 g/mol. The summed E-state index contributed by atoms with van der Waals surface area (Å²) in [5.74, 6) is 1.43. The van der Waals surface area contributed by atoms with Crippen LogP contribution in [0.1, 0.15) is 34.7 Å². The number of nitrogens with one attached hydrogen (secondary N) is 1. The van der Waals surface area contributed by atoms with Gasteiger partial charge >= 0.3 is 0 Å². The molecule has 0 spiro atoms. The Morgan fingerprint density at radius 1 is 0.903 bits per heavy atom. The van der Waals surface area contributed by atoms with Crippen LogP contribution in [0.4, 0.5) is 0 Å². The van der Waals surface area contributed by atoms with Crippen molar-refractivity contribution in [3.05, 3.63) is 53.6 Å². The third-order valence-corrected chi connectivity index (χ3v) is 6.04. The van der Waals surface area contributed by atoms with Crippen LogP contribution in [0.3, 0.4) is 0 Å². The van der Waals surface area contributed by atoms with E-state index in [1.54, 1.807) is 50.5 Å². The molecule has 2 aromatic carbocycles. The molecule has 1 aliphatic carbocycles. The Morgan fingerprint density at radius 2 is 1.58 bits per heavy atom. The normalized spacial score (nSPS) is 20.3. The molecule has 164 valence electrons. The molecule has 1 saturated heterocycles. The van der Waals surface area contributed by atoms with Gasteiger partial charge < -0.3 is 24.4 Å². The topological polar surface area (TPSA) is 77.1 Å². The lowest BCUT2D eigenvalue weighted by atomic mass is 9.87. The van der Waals surface area contributed by atoms with Gasteiger partial charge in [-0.25, -0.2) is 0 Å². The van der Waals surface area contributed by atoms with Crippen molar-refractivity contribution in [3.63, 3.8) is 0 Å². The molecule has 0 bridgehead atoms. The van der Waals surface area contributed by atoms with E-state index in [1.165, 1.54) is 0 Å². The standard InChI is InChI=1S/C24H28N2O5/c1-29-17-8-4-15(5-9-17)24(28)26-13-20(21(14-26)23(27)25-16-6-7-16)19-11-10-18(30-2)12-22(19)31-3/h4-5,8-12,16,20-21H,6-7,13-14H2,1-3H3,(H,25,27). The number of carbonyl (C=O) groups excluding carboxylic acids is 2. The fourth-order valence-corrected chi connectivity index (χ4v) is 4.13. The maximum Gasteiger partial charge on any atom is 0.253 e. The van der Waals surface area contributed by atoms with Crippen LogP contribution in [0.15, 0.2) is 42.5 Å². The van der Waals surface area contributed by atoms with Gasteiger partial charge in [0.1, 0.15) is 17.2 Å². The number of nitrogens with zero attached hydrogens (tertiary/aromatic N) is 1. The van der Waals surface area contributed by atoms with Crippen LogP contribution in [0.25, 0.3) is 0 Å². The Hall–Kier alpha value is -3.22. The first kappa shape index (κ1) is 21.0. The smallest absolute Gasteiger partial charge is 0.253 e. The van der Waals surface area contributed by atoms with Crippen molar-refractivity contribution in [1.82, 2.24) is 10.2 Å². The van der Waals surface area contributed by atoms with E-state index in [0.29, 0.717) is 35.9 Å². The third-order valence-electron chi connectivity index (χ3n) is 6.04. The van der Waals surface area contributed by atoms with Gasteiger partial charge in [-0.05, 0) is 43.2 Å². The molecule has 2 aromatic rings. The second-order valence-corrected chi connectivity index (χ2v) is 8.04. The number of likely N-dealkylation sites (tertiary alicyclic amines) is 1. The Morgan fingerprint density at radius 3 is 2.19 bits per heavy atom. The van der Waals surface area contributed by atoms with E-state index in [-0.39, 0.29) is 29.7 Å². The van der Waals surface area contributed by atoms with Crippen LogP contribution in [-0.4, -0.2) is 57.2 Å². The zero-order chi connectivity index (χ0) is 22.0. The summed E-state index contributed by atoms with van der Waals surface area (Å²) in [4.78, 5) is 28.0. The van der Waals surface area contributed by atoms with Crippen molar-refractivity contribution in [3.8, 4) is 17.2 Å². The van der Waals surface area contributed by atoms with Crippen molar-refractivity contribution in [2.75, 3.05) is 34.4 Å². The van der Waals surface area contributed by atoms with Gasteiger partial charge in [0.15, 0.2) is 0 Å². The summed E-state index contributed by atoms with van der Waals surface area (Å²) < 4.78 is 16.1. The van der Waals surface area contributed by atoms with Crippen LogP contribution in [-0.2, 0) is 4.79 Å². The summed E-state index contributed by atoms with van der Waals surface area (Å²) in [6.45, 7) is 0.805. The first-order valence-electron chi connectivity index (χ1n) is 10.5. The Labute approximate surface area is 182 Å². The highest BCUT2D eigenvalue weighted by atomic mass is 16.5. The predicted molar refractivity (Wildman–Crippen MR) is 116 cm³/mol. The van der Waals surface area contributed by atoms with E-state index in [0.717, 1.165) is 18.4 Å². The molecular weight excluding hydrogens is 396 g/mol. The number of benzene rings is 2. The number of hydrogen-bond acceptors (Lipinski definition) is 5. The molecular formula is C24H28N2O5. The number of amides is 2. The summed E-state index contributed by atoms with van der Waals surface area (Å²) in [5.41, 5.74) is 1.48. The highest BCUT2D eigenvalue weighted by molar-refractivity contribution is 5.95. The molecule has 4 rings (SSSR count). The second kappa shape index (κ2) is 8.88. The van der Waals surface area contributed by atoms with E-state index in [9.17, 15) is 9.59 Å². The summed E-state index contributed by atoms with van der Waals surface area (Å²) >= 11 is 0. The molecule has 2 fully saturated rings. The van der Waals surface area contributed by atoms with Crippen LogP contribution in [0, 0.1) is 5.92 Å². The van der Waals surface area contributed by atoms with E-state index in [2.05, 4.69) is 5.32 Å². The van der Waals surface area contributed by atoms with Gasteiger partial charge in [0.2, 0.25) is 5.91 Å². The summed E-state index contributed by atoms with van der Waals surface area (Å²) in [5, 5.41) is 3.11. The third kappa shape index (κ3) is 4.45. The fraction of sp³-hybridized carbons (Fsp3) is 0.417. The molecule has 2 unspecified atom stereocenters. The number of methoxy groups -OCH3 is 3. The molecule has 31 heavy (non-hydrogen) atoms. The van der Waals surface area contributed by atoms with Crippen molar-refractivity contribution in [1.29, 1.82) is 0 Å². The zero-order valence-electron chi connectivity index (χ0n) is 18.1. The molecule has 7 nitrogen and oxygen atoms in total. The highest BCUT2D eigenvalue weighted by Gasteiger charge is 2.43. The highest BCUT2D eigenvalue weighted by Crippen LogP contribution is 2.40. The first-order valence-corrected chi connectivity index (χ1v) is 10.5. The minimum atomic E-state index is -0.343. The van der Waals surface area contributed by atoms with Crippen molar-refractivity contribution in [2.45, 2.75) is 24.8 Å². The Bertz CT molecular complexity index is 955. The van der Waals surface area contributed by atoms with Gasteiger partial charge in [-0.2, -0.15) is 0 Å². The van der Waals surface area contributed by atoms with E-state index < -0.39 is 0 Å². The predicted octanol–water partition coefficient (Wildman–Crippen LogP) is 2.85. The molecule has 1 saturated carbocycles. The van der Waals surface area contributed by atoms with Crippen LogP contribution in [0.2, 0.25) is 0 Å². The summed E-state index contributed by atoms with van der Waals surface area (Å²) in [6.07, 6.45) is 2.03. The number of ether oxygens (including phenoxy) is 3. The van der Waals surface area contributed by atoms with Gasteiger partial charge in [-0.3, -0.25) is 9.59 Å². The van der Waals surface area contributed by atoms with Crippen LogP contribution >= 0.6 is 0 Å². The lowest BCUT2D eigenvalue weighted by Gasteiger charge is -2.21. The minimum Gasteiger partial charge on any atom is -0.497 e. The number of rotatable bonds is 7. The van der Waals surface area contributed by atoms with Crippen molar-refractivity contribution in [2.24, 2.45) is 5.92 Å². The number of carbonyl (C=O) groups is 2. The van der Waals surface area contributed by atoms with Gasteiger partial charge in [-0.15, -0.1) is 0 Å². The molecule has 7 heteroatoms. The van der Waals surface area contributed by atoms with Crippen molar-refractivity contribution < 1.29 is 23.8 Å². The first-order chi connectivity index (χ1) is 15.0. The van der Waals surface area contributed by atoms with E-state index in [4.69, 9.17) is 14.2 Å². The number of hydrogen-bond donors (Lipinski definition) is 1. The molecule has 0 radical (unpaired) electrons. The lowest BCUT2D eigenvalue weighted by Crippen LogP contribution is -2.36. The quantitative estimate of drug-likeness (QED) is 0.740. The van der Waals surface area contributed by atoms with Crippen molar-refractivity contribution >= 4 is 11.8 Å². The molecule has 1 aliphatic heterocycles. The molecule has 1 N–H and O–H groups in total. The van der Waals surface area contributed by atoms with Gasteiger partial charge in [-0.1, -0.05) is 6.07 Å². The molecule has 2 atom stereocenters. The van der Waals surface area contributed by atoms with E-state index >= 15 is 0 Å². The lowest BCUT2D eigenvalue weighted by molar-refractivity contribution is -0.125. The monoisotopic (exact) mass is 424 g/mol. The summed E-state index contributed by atoms with van der Waals surface area (Å²) in [7, 11) is 4.80. The van der Waals surface area contributed by atoms with Gasteiger partial charge in [0.05, 0.1) is 27.2 Å². The molecule has 2 amide bonds. The fourth-order valence-electron chi connectivity index (χ4n) is 4.13. The summed E-state index contributed by atoms with van der Waals surface area (Å²) in [6, 6.07) is 12.9. The Balaban J connectivity index is 1.62. The maximum absolute atomic E-state index is 13.2. The maximum atomic E-state index is 13.2. The second-order valence-electron chi connectivity index (χ2n) is 8.04. The van der Waals surface area contributed by atoms with Gasteiger partial charge in [0, 0.05) is 42.2 Å². The molecule has 1 heterocycles. The van der Waals surface area contributed by atoms with Crippen LogP contribution < -0.4 is 19.5 Å². The largest absolute Gasteiger partial charge is 0.497 e. The average Bonchev–Trinajstić information content (AvgIpc) is 3.51. The van der Waals surface area contributed by atoms with Gasteiger partial charge in [0.25, 0.3) is 5.91 Å². The van der Waals surface area contributed by atoms with E-state index in [1.807, 2.05) is 18.2 Å². The Kier molecular flexibility index (Phi) is 6.02. The zero-order valence-corrected chi connectivity index (χ0v) is 18.1. The minimum absolute atomic E-state index is 0.00426. The SMILES string of the molecule is COc1ccc(C(=O)N2CC(C(=O)NC3CC3)C(c3ccc(OC)cc3OC)C2)cc1. The molecule has 0 aromatic heterocycles. The van der Waals surface area contributed by atoms with Crippen LogP contribution in [0.5, 0.6) is 17.2 Å². The molecule has 2 aliphatic rings.